The van der Waals surface area contributed by atoms with Crippen LogP contribution in [-0.4, -0.2) is 109 Å². The minimum Gasteiger partial charge on any atom is -1.00 e. The van der Waals surface area contributed by atoms with Crippen molar-refractivity contribution in [3.05, 3.63) is 0 Å². The van der Waals surface area contributed by atoms with Gasteiger partial charge < -0.3 is 5.71 Å². The van der Waals surface area contributed by atoms with Crippen molar-refractivity contribution in [3.63, 3.8) is 0 Å². The molecule has 27 valence electrons. The zero-order valence-corrected chi connectivity index (χ0v) is 14.5. The molecule has 0 heterocycles. The summed E-state index contributed by atoms with van der Waals surface area (Å²) in [7, 11) is 0. The van der Waals surface area contributed by atoms with Gasteiger partial charge in [0.2, 0.25) is 0 Å². The predicted molar refractivity (Wildman–Crippen MR) is 25.9 cm³/mol. The maximum absolute atomic E-state index is 0. The van der Waals surface area contributed by atoms with E-state index in [1.165, 1.54) is 0 Å². The second kappa shape index (κ2) is 15.7. The van der Waals surface area contributed by atoms with Crippen molar-refractivity contribution in [2.45, 2.75) is 0 Å². The smallest absolute Gasteiger partial charge is 1.00 e. The Morgan fingerprint density at radius 1 is 1.25 bits per heavy atom. The molecule has 0 aliphatic rings. The van der Waals surface area contributed by atoms with Gasteiger partial charge in [0.05, 0.1) is 0 Å². The first-order valence-corrected chi connectivity index (χ1v) is 0. The molecule has 0 fully saturated rings. The van der Waals surface area contributed by atoms with Gasteiger partial charge in [-0.15, -0.1) is 0 Å². The second-order valence-electron chi connectivity index (χ2n) is 0. The largest absolute Gasteiger partial charge is 2.00 e. The van der Waals surface area contributed by atoms with E-state index in [-0.39, 0.29) is 132 Å². The molecule has 0 aromatic heterocycles. The van der Waals surface area contributed by atoms with Crippen LogP contribution in [-0.2, 0) is 17.1 Å². The van der Waals surface area contributed by atoms with Crippen LogP contribution in [0, 0.1) is 0 Å². The average molecular weight is 407 g/mol. The normalized spacial score (nSPS) is 0. The van der Waals surface area contributed by atoms with Crippen LogP contribution in [0.5, 0.6) is 0 Å². The molecule has 0 aliphatic heterocycles. The maximum atomic E-state index is 0. The number of hydrogen-bond donors (Lipinski definition) is 0. The van der Waals surface area contributed by atoms with Gasteiger partial charge in [-0.25, -0.2) is 0 Å². The van der Waals surface area contributed by atoms with E-state index in [0.29, 0.717) is 0 Å². The molecule has 0 aliphatic carbocycles. The van der Waals surface area contributed by atoms with Crippen molar-refractivity contribution in [1.29, 1.82) is 0 Å². The van der Waals surface area contributed by atoms with Gasteiger partial charge in [-0.05, 0) is 0 Å². The third-order valence-corrected chi connectivity index (χ3v) is 0. The molecular formula is H7BiCaCuSr. The number of rotatable bonds is 0. The zero-order valence-electron chi connectivity index (χ0n) is 6.42. The van der Waals surface area contributed by atoms with Gasteiger partial charge in [0, 0.05) is 17.1 Å². The van der Waals surface area contributed by atoms with Crippen LogP contribution >= 0.6 is 0 Å². The molecule has 0 bridgehead atoms. The topological polar surface area (TPSA) is 0 Å². The molecule has 0 rings (SSSR count). The third-order valence-electron chi connectivity index (χ3n) is 0. The Morgan fingerprint density at radius 3 is 1.25 bits per heavy atom. The van der Waals surface area contributed by atoms with Crippen LogP contribution in [0.1, 0.15) is 5.71 Å². The predicted octanol–water partition coefficient (Wildman–Crippen LogP) is -1.50. The monoisotopic (exact) mass is 407 g/mol. The van der Waals surface area contributed by atoms with Crippen LogP contribution in [0.15, 0.2) is 0 Å². The summed E-state index contributed by atoms with van der Waals surface area (Å²) in [6.07, 6.45) is 0. The van der Waals surface area contributed by atoms with E-state index in [0.717, 1.165) is 0 Å². The van der Waals surface area contributed by atoms with Crippen LogP contribution in [0.25, 0.3) is 0 Å². The third kappa shape index (κ3) is 9.47. The van der Waals surface area contributed by atoms with Crippen molar-refractivity contribution in [2.24, 2.45) is 0 Å². The van der Waals surface area contributed by atoms with Crippen LogP contribution < -0.4 is 0 Å². The summed E-state index contributed by atoms with van der Waals surface area (Å²) in [5.41, 5.74) is 0. The molecule has 0 saturated carbocycles. The van der Waals surface area contributed by atoms with E-state index in [1.807, 2.05) is 0 Å². The van der Waals surface area contributed by atoms with Crippen LogP contribution in [0.2, 0.25) is 0 Å². The molecule has 0 N–H and O–H groups in total. The van der Waals surface area contributed by atoms with Gasteiger partial charge in [0.1, 0.15) is 0 Å². The van der Waals surface area contributed by atoms with Gasteiger partial charge in [-0.1, -0.05) is 0 Å². The van der Waals surface area contributed by atoms with Gasteiger partial charge in [0.25, 0.3) is 0 Å². The molecule has 4 heavy (non-hydrogen) atoms. The first-order chi connectivity index (χ1) is 0. The van der Waals surface area contributed by atoms with Crippen molar-refractivity contribution in [1.82, 2.24) is 0 Å². The molecule has 1 radical (unpaired) electrons. The van der Waals surface area contributed by atoms with Crippen molar-refractivity contribution < 1.29 is 22.8 Å². The minimum absolute atomic E-state index is 0. The molecule has 0 unspecified atom stereocenters. The number of hydrogen-bond acceptors (Lipinski definition) is 0. The fourth-order valence-electron chi connectivity index (χ4n) is 0. The van der Waals surface area contributed by atoms with Crippen LogP contribution in [0.3, 0.4) is 0 Å². The van der Waals surface area contributed by atoms with E-state index >= 15 is 0 Å². The van der Waals surface area contributed by atoms with Crippen LogP contribution in [0.4, 0.5) is 0 Å². The maximum Gasteiger partial charge on any atom is 2.00 e. The quantitative estimate of drug-likeness (QED) is 0.429. The van der Waals surface area contributed by atoms with E-state index in [2.05, 4.69) is 0 Å². The Kier molecular flexibility index (Phi) is 95.0. The molecule has 0 atom stereocenters. The molecule has 0 aromatic rings. The van der Waals surface area contributed by atoms with Crippen molar-refractivity contribution in [3.8, 4) is 0 Å². The van der Waals surface area contributed by atoms with E-state index in [4.69, 9.17) is 0 Å². The Balaban J connectivity index is 0. The molecule has 0 aromatic carbocycles. The molecule has 0 saturated heterocycles. The molecule has 4 heteroatoms. The summed E-state index contributed by atoms with van der Waals surface area (Å²) in [6.45, 7) is 0. The van der Waals surface area contributed by atoms with Crippen molar-refractivity contribution >= 4 is 109 Å². The summed E-state index contributed by atoms with van der Waals surface area (Å²) in [4.78, 5) is 0. The fraction of sp³-hybridized carbons (Fsp3) is 0. The molecule has 0 amide bonds. The summed E-state index contributed by atoms with van der Waals surface area (Å²) >= 11 is 0. The van der Waals surface area contributed by atoms with Gasteiger partial charge in [0.15, 0.2) is 0 Å². The van der Waals surface area contributed by atoms with Crippen molar-refractivity contribution in [2.75, 3.05) is 0 Å². The van der Waals surface area contributed by atoms with Gasteiger partial charge in [-0.3, -0.25) is 0 Å². The second-order valence-corrected chi connectivity index (χ2v) is 0. The summed E-state index contributed by atoms with van der Waals surface area (Å²) in [6, 6.07) is 0. The molecule has 0 nitrogen and oxygen atoms in total. The Bertz CT molecular complexity index is 16.0. The fourth-order valence-corrected chi connectivity index (χ4v) is 0. The minimum atomic E-state index is 0. The van der Waals surface area contributed by atoms with E-state index in [1.54, 1.807) is 0 Å². The first kappa shape index (κ1) is 24.2. The first-order valence-electron chi connectivity index (χ1n) is 0. The van der Waals surface area contributed by atoms with E-state index < -0.39 is 0 Å². The van der Waals surface area contributed by atoms with Gasteiger partial charge in [-0.2, -0.15) is 0 Å². The Hall–Kier alpha value is 4.14. The molecular weight excluding hydrogens is 400 g/mol. The summed E-state index contributed by atoms with van der Waals surface area (Å²) in [5, 5.41) is 0. The van der Waals surface area contributed by atoms with Gasteiger partial charge >= 0.3 is 109 Å². The molecule has 0 spiro atoms. The standard InChI is InChI=1S/Bi.Ca.Cu.Sr.7H/q;+2;;+2;;;;4*-1. The SMILES string of the molecule is [BiH3].[Ca+2].[Cu].[H-].[H-].[H-].[H-].[Sr+2]. The summed E-state index contributed by atoms with van der Waals surface area (Å²) in [5.74, 6) is 0. The summed E-state index contributed by atoms with van der Waals surface area (Å²) < 4.78 is 0. The average Bonchev–Trinajstić information content (AvgIpc) is 0. The Morgan fingerprint density at radius 2 is 1.25 bits per heavy atom. The Labute approximate surface area is 129 Å². The van der Waals surface area contributed by atoms with E-state index in [9.17, 15) is 0 Å². The zero-order chi connectivity index (χ0) is 0.